The fourth-order valence-corrected chi connectivity index (χ4v) is 4.34. The van der Waals surface area contributed by atoms with Crippen molar-refractivity contribution in [2.75, 3.05) is 0 Å². The predicted octanol–water partition coefficient (Wildman–Crippen LogP) is 2.77. The average molecular weight is 317 g/mol. The van der Waals surface area contributed by atoms with Crippen LogP contribution in [0.5, 0.6) is 0 Å². The van der Waals surface area contributed by atoms with Crippen LogP contribution in [0.4, 0.5) is 0 Å². The fourth-order valence-electron chi connectivity index (χ4n) is 1.95. The Morgan fingerprint density at radius 3 is 2.75 bits per heavy atom. The van der Waals surface area contributed by atoms with Crippen LogP contribution in [0.15, 0.2) is 34.4 Å². The van der Waals surface area contributed by atoms with Crippen molar-refractivity contribution in [1.82, 2.24) is 4.72 Å². The highest BCUT2D eigenvalue weighted by Crippen LogP contribution is 2.21. The molecule has 0 spiro atoms. The minimum Gasteiger partial charge on any atom is -0.391 e. The zero-order chi connectivity index (χ0) is 15.2. The van der Waals surface area contributed by atoms with Gasteiger partial charge in [-0.2, -0.15) is 0 Å². The molecule has 0 radical (unpaired) electrons. The van der Waals surface area contributed by atoms with Crippen LogP contribution in [0.2, 0.25) is 0 Å². The smallest absolute Gasteiger partial charge is 0.250 e. The number of sulfonamides is 1. The van der Waals surface area contributed by atoms with Crippen LogP contribution in [-0.2, 0) is 10.0 Å². The highest BCUT2D eigenvalue weighted by atomic mass is 32.2. The molecule has 6 heteroatoms. The Hall–Kier alpha value is -0.690. The van der Waals surface area contributed by atoms with Crippen LogP contribution in [0.25, 0.3) is 0 Å². The second-order valence-electron chi connectivity index (χ2n) is 4.90. The van der Waals surface area contributed by atoms with Crippen LogP contribution in [0.1, 0.15) is 33.1 Å². The molecule has 1 unspecified atom stereocenters. The third kappa shape index (κ3) is 4.70. The lowest BCUT2D eigenvalue weighted by Crippen LogP contribution is -2.47. The maximum Gasteiger partial charge on any atom is 0.250 e. The Morgan fingerprint density at radius 1 is 1.55 bits per heavy atom. The van der Waals surface area contributed by atoms with Crippen molar-refractivity contribution in [2.24, 2.45) is 5.92 Å². The monoisotopic (exact) mass is 317 g/mol. The molecule has 0 aliphatic rings. The lowest BCUT2D eigenvalue weighted by molar-refractivity contribution is 0.104. The van der Waals surface area contributed by atoms with Crippen LogP contribution in [0.3, 0.4) is 0 Å². The van der Waals surface area contributed by atoms with Crippen molar-refractivity contribution >= 4 is 21.4 Å². The molecule has 0 fully saturated rings. The van der Waals surface area contributed by atoms with E-state index in [2.05, 4.69) is 11.3 Å². The number of nitrogens with one attached hydrogen (secondary N) is 1. The molecule has 114 valence electrons. The second-order valence-corrected chi connectivity index (χ2v) is 7.79. The first-order valence-electron chi connectivity index (χ1n) is 6.77. The van der Waals surface area contributed by atoms with E-state index >= 15 is 0 Å². The maximum atomic E-state index is 12.3. The van der Waals surface area contributed by atoms with Gasteiger partial charge in [-0.3, -0.25) is 0 Å². The molecule has 0 aromatic carbocycles. The number of allylic oxidation sites excluding steroid dienone is 1. The van der Waals surface area contributed by atoms with E-state index in [4.69, 9.17) is 0 Å². The maximum absolute atomic E-state index is 12.3. The van der Waals surface area contributed by atoms with E-state index in [0.29, 0.717) is 12.8 Å². The van der Waals surface area contributed by atoms with Crippen LogP contribution >= 0.6 is 11.3 Å². The highest BCUT2D eigenvalue weighted by Gasteiger charge is 2.29. The highest BCUT2D eigenvalue weighted by molar-refractivity contribution is 7.91. The van der Waals surface area contributed by atoms with Gasteiger partial charge in [0.15, 0.2) is 0 Å². The van der Waals surface area contributed by atoms with Gasteiger partial charge < -0.3 is 5.11 Å². The molecular weight excluding hydrogens is 294 g/mol. The predicted molar refractivity (Wildman–Crippen MR) is 83.3 cm³/mol. The summed E-state index contributed by atoms with van der Waals surface area (Å²) in [6.45, 7) is 7.55. The molecule has 0 aliphatic heterocycles. The van der Waals surface area contributed by atoms with Gasteiger partial charge in [-0.15, -0.1) is 17.9 Å². The van der Waals surface area contributed by atoms with Crippen molar-refractivity contribution in [3.63, 3.8) is 0 Å². The van der Waals surface area contributed by atoms with E-state index in [1.54, 1.807) is 23.6 Å². The Bertz CT molecular complexity index is 496. The van der Waals surface area contributed by atoms with Crippen molar-refractivity contribution in [2.45, 2.75) is 49.5 Å². The standard InChI is InChI=1S/C14H23NO3S2/c1-4-6-8-12(16)14(11(3)5-2)15-20(17,18)13-9-7-10-19-13/h4,7,9-12,14-16H,1,5-6,8H2,2-3H3/t11-,12?,14-/m0/s1. The van der Waals surface area contributed by atoms with E-state index in [9.17, 15) is 13.5 Å². The molecule has 0 amide bonds. The molecule has 3 atom stereocenters. The number of thiophene rings is 1. The van der Waals surface area contributed by atoms with Gasteiger partial charge in [0.25, 0.3) is 0 Å². The Morgan fingerprint density at radius 2 is 2.25 bits per heavy atom. The Balaban J connectivity index is 2.87. The summed E-state index contributed by atoms with van der Waals surface area (Å²) in [6, 6.07) is 2.79. The molecule has 1 heterocycles. The summed E-state index contributed by atoms with van der Waals surface area (Å²) in [5, 5.41) is 12.0. The van der Waals surface area contributed by atoms with E-state index in [1.165, 1.54) is 11.3 Å². The minimum atomic E-state index is -3.56. The summed E-state index contributed by atoms with van der Waals surface area (Å²) in [5.74, 6) is 0.0598. The molecule has 0 saturated carbocycles. The molecule has 1 rings (SSSR count). The molecule has 20 heavy (non-hydrogen) atoms. The van der Waals surface area contributed by atoms with Crippen LogP contribution in [-0.4, -0.2) is 25.7 Å². The average Bonchev–Trinajstić information content (AvgIpc) is 2.96. The van der Waals surface area contributed by atoms with Crippen molar-refractivity contribution < 1.29 is 13.5 Å². The molecular formula is C14H23NO3S2. The SMILES string of the molecule is C=CCCC(O)[C@@H](NS(=O)(=O)c1cccs1)[C@@H](C)CC. The molecule has 0 bridgehead atoms. The number of hydrogen-bond donors (Lipinski definition) is 2. The lowest BCUT2D eigenvalue weighted by atomic mass is 9.93. The number of aliphatic hydroxyl groups is 1. The van der Waals surface area contributed by atoms with Gasteiger partial charge in [0.1, 0.15) is 4.21 Å². The number of aliphatic hydroxyl groups excluding tert-OH is 1. The molecule has 1 aromatic rings. The van der Waals surface area contributed by atoms with Gasteiger partial charge in [-0.25, -0.2) is 13.1 Å². The topological polar surface area (TPSA) is 66.4 Å². The van der Waals surface area contributed by atoms with Crippen molar-refractivity contribution in [1.29, 1.82) is 0 Å². The van der Waals surface area contributed by atoms with E-state index in [-0.39, 0.29) is 10.1 Å². The molecule has 4 nitrogen and oxygen atoms in total. The first-order chi connectivity index (χ1) is 9.42. The Labute approximate surface area is 125 Å². The first kappa shape index (κ1) is 17.4. The molecule has 1 aromatic heterocycles. The van der Waals surface area contributed by atoms with E-state index in [1.807, 2.05) is 13.8 Å². The quantitative estimate of drug-likeness (QED) is 0.688. The molecule has 0 saturated heterocycles. The lowest BCUT2D eigenvalue weighted by Gasteiger charge is -2.28. The minimum absolute atomic E-state index is 0.0598. The van der Waals surface area contributed by atoms with Crippen molar-refractivity contribution in [3.8, 4) is 0 Å². The van der Waals surface area contributed by atoms with Gasteiger partial charge in [0.05, 0.1) is 12.1 Å². The van der Waals surface area contributed by atoms with Crippen molar-refractivity contribution in [3.05, 3.63) is 30.2 Å². The third-order valence-corrected chi connectivity index (χ3v) is 6.25. The zero-order valence-electron chi connectivity index (χ0n) is 12.0. The summed E-state index contributed by atoms with van der Waals surface area (Å²) in [5.41, 5.74) is 0. The van der Waals surface area contributed by atoms with Gasteiger partial charge in [0.2, 0.25) is 10.0 Å². The number of hydrogen-bond acceptors (Lipinski definition) is 4. The van der Waals surface area contributed by atoms with Gasteiger partial charge in [0, 0.05) is 0 Å². The van der Waals surface area contributed by atoms with Gasteiger partial charge >= 0.3 is 0 Å². The Kier molecular flexibility index (Phi) is 6.88. The van der Waals surface area contributed by atoms with Crippen LogP contribution in [0, 0.1) is 5.92 Å². The summed E-state index contributed by atoms with van der Waals surface area (Å²) in [4.78, 5) is 0. The zero-order valence-corrected chi connectivity index (χ0v) is 13.6. The van der Waals surface area contributed by atoms with E-state index in [0.717, 1.165) is 6.42 Å². The largest absolute Gasteiger partial charge is 0.391 e. The summed E-state index contributed by atoms with van der Waals surface area (Å²) < 4.78 is 27.5. The van der Waals surface area contributed by atoms with Gasteiger partial charge in [-0.05, 0) is 30.2 Å². The third-order valence-electron chi connectivity index (χ3n) is 3.39. The molecule has 0 aliphatic carbocycles. The van der Waals surface area contributed by atoms with Gasteiger partial charge in [-0.1, -0.05) is 32.4 Å². The van der Waals surface area contributed by atoms with E-state index < -0.39 is 22.2 Å². The molecule has 2 N–H and O–H groups in total. The fraction of sp³-hybridized carbons (Fsp3) is 0.571. The first-order valence-corrected chi connectivity index (χ1v) is 9.13. The van der Waals surface area contributed by atoms with Crippen LogP contribution < -0.4 is 4.72 Å². The second kappa shape index (κ2) is 7.93. The summed E-state index contributed by atoms with van der Waals surface area (Å²) in [6.07, 6.45) is 2.98. The number of rotatable bonds is 9. The normalized spacial score (nSPS) is 16.6. The summed E-state index contributed by atoms with van der Waals surface area (Å²) in [7, 11) is -3.56. The summed E-state index contributed by atoms with van der Waals surface area (Å²) >= 11 is 1.17.